The summed E-state index contributed by atoms with van der Waals surface area (Å²) in [6, 6.07) is 10.5. The molecule has 2 N–H and O–H groups in total. The summed E-state index contributed by atoms with van der Waals surface area (Å²) in [4.78, 5) is 4.10. The number of nitrogens with one attached hydrogen (secondary N) is 2. The van der Waals surface area contributed by atoms with Crippen LogP contribution in [-0.2, 0) is 0 Å². The van der Waals surface area contributed by atoms with Crippen LogP contribution in [0.4, 0.5) is 4.39 Å². The highest BCUT2D eigenvalue weighted by Gasteiger charge is 2.25. The fourth-order valence-electron chi connectivity index (χ4n) is 3.18. The predicted molar refractivity (Wildman–Crippen MR) is 87.4 cm³/mol. The summed E-state index contributed by atoms with van der Waals surface area (Å²) >= 11 is 0. The van der Waals surface area contributed by atoms with Crippen molar-refractivity contribution in [1.82, 2.24) is 20.5 Å². The van der Waals surface area contributed by atoms with Crippen LogP contribution in [0.25, 0.3) is 22.4 Å². The molecule has 2 aromatic heterocycles. The van der Waals surface area contributed by atoms with E-state index in [4.69, 9.17) is 0 Å². The van der Waals surface area contributed by atoms with E-state index in [0.717, 1.165) is 47.6 Å². The minimum atomic E-state index is -0.241. The molecule has 3 aromatic rings. The molecule has 3 heterocycles. The largest absolute Gasteiger partial charge is 0.316 e. The van der Waals surface area contributed by atoms with E-state index in [-0.39, 0.29) is 5.82 Å². The molecule has 0 unspecified atom stereocenters. The number of hydrogen-bond acceptors (Lipinski definition) is 3. The average Bonchev–Trinajstić information content (AvgIpc) is 3.25. The van der Waals surface area contributed by atoms with Gasteiger partial charge in [0.05, 0.1) is 0 Å². The SMILES string of the molecule is Fc1ccc(-c2n[nH]c([C@H]3CCNC3)c2-c2ccncc2)cc1. The maximum Gasteiger partial charge on any atom is 0.123 e. The van der Waals surface area contributed by atoms with Crippen molar-refractivity contribution < 1.29 is 4.39 Å². The van der Waals surface area contributed by atoms with Crippen LogP contribution in [0.5, 0.6) is 0 Å². The number of H-pyrrole nitrogens is 1. The van der Waals surface area contributed by atoms with E-state index in [0.29, 0.717) is 5.92 Å². The van der Waals surface area contributed by atoms with Crippen molar-refractivity contribution >= 4 is 0 Å². The van der Waals surface area contributed by atoms with Gasteiger partial charge in [0, 0.05) is 41.7 Å². The van der Waals surface area contributed by atoms with Crippen molar-refractivity contribution in [1.29, 1.82) is 0 Å². The van der Waals surface area contributed by atoms with Gasteiger partial charge in [0.2, 0.25) is 0 Å². The highest BCUT2D eigenvalue weighted by Crippen LogP contribution is 2.37. The third-order valence-corrected chi connectivity index (χ3v) is 4.35. The van der Waals surface area contributed by atoms with Gasteiger partial charge >= 0.3 is 0 Å². The molecule has 1 aliphatic rings. The summed E-state index contributed by atoms with van der Waals surface area (Å²) in [5, 5.41) is 11.2. The lowest BCUT2D eigenvalue weighted by molar-refractivity contribution is 0.628. The van der Waals surface area contributed by atoms with Crippen LogP contribution in [0.15, 0.2) is 48.8 Å². The van der Waals surface area contributed by atoms with Gasteiger partial charge in [-0.2, -0.15) is 5.10 Å². The minimum absolute atomic E-state index is 0.241. The second-order valence-corrected chi connectivity index (χ2v) is 5.79. The molecule has 0 aliphatic carbocycles. The average molecular weight is 308 g/mol. The van der Waals surface area contributed by atoms with Gasteiger partial charge in [-0.3, -0.25) is 10.1 Å². The molecule has 0 spiro atoms. The first-order valence-electron chi connectivity index (χ1n) is 7.78. The molecule has 116 valence electrons. The van der Waals surface area contributed by atoms with E-state index in [9.17, 15) is 4.39 Å². The van der Waals surface area contributed by atoms with Gasteiger partial charge in [0.25, 0.3) is 0 Å². The molecule has 1 aromatic carbocycles. The Bertz CT molecular complexity index is 790. The van der Waals surface area contributed by atoms with Crippen LogP contribution in [0.2, 0.25) is 0 Å². The molecule has 4 nitrogen and oxygen atoms in total. The maximum atomic E-state index is 13.2. The number of aromatic amines is 1. The van der Waals surface area contributed by atoms with Gasteiger partial charge in [-0.25, -0.2) is 4.39 Å². The van der Waals surface area contributed by atoms with Crippen LogP contribution in [0, 0.1) is 5.82 Å². The fraction of sp³-hybridized carbons (Fsp3) is 0.222. The third-order valence-electron chi connectivity index (χ3n) is 4.35. The lowest BCUT2D eigenvalue weighted by Gasteiger charge is -2.11. The van der Waals surface area contributed by atoms with Gasteiger partial charge in [-0.15, -0.1) is 0 Å². The Labute approximate surface area is 133 Å². The standard InChI is InChI=1S/C18H17FN4/c19-15-3-1-13(2-4-15)17-16(12-5-8-20-9-6-12)18(23-22-17)14-7-10-21-11-14/h1-6,8-9,14,21H,7,10-11H2,(H,22,23)/t14-/m0/s1. The van der Waals surface area contributed by atoms with E-state index in [1.165, 1.54) is 12.1 Å². The summed E-state index contributed by atoms with van der Waals surface area (Å²) in [5.74, 6) is 0.176. The Morgan fingerprint density at radius 2 is 1.78 bits per heavy atom. The maximum absolute atomic E-state index is 13.2. The molecule has 1 fully saturated rings. The number of hydrogen-bond donors (Lipinski definition) is 2. The van der Waals surface area contributed by atoms with E-state index in [2.05, 4.69) is 20.5 Å². The summed E-state index contributed by atoms with van der Waals surface area (Å²) < 4.78 is 13.2. The molecule has 0 bridgehead atoms. The molecule has 0 radical (unpaired) electrons. The van der Waals surface area contributed by atoms with Crippen molar-refractivity contribution in [2.24, 2.45) is 0 Å². The lowest BCUT2D eigenvalue weighted by Crippen LogP contribution is -2.08. The van der Waals surface area contributed by atoms with Gasteiger partial charge in [0.1, 0.15) is 11.5 Å². The molecule has 1 atom stereocenters. The number of rotatable bonds is 3. The topological polar surface area (TPSA) is 53.6 Å². The van der Waals surface area contributed by atoms with Crippen LogP contribution in [0.3, 0.4) is 0 Å². The summed E-state index contributed by atoms with van der Waals surface area (Å²) in [5.41, 5.74) is 5.08. The first-order chi connectivity index (χ1) is 11.3. The summed E-state index contributed by atoms with van der Waals surface area (Å²) in [7, 11) is 0. The van der Waals surface area contributed by atoms with Crippen molar-refractivity contribution in [2.45, 2.75) is 12.3 Å². The van der Waals surface area contributed by atoms with E-state index >= 15 is 0 Å². The van der Waals surface area contributed by atoms with Crippen LogP contribution < -0.4 is 5.32 Å². The Morgan fingerprint density at radius 1 is 1.00 bits per heavy atom. The summed E-state index contributed by atoms with van der Waals surface area (Å²) in [6.07, 6.45) is 4.66. The van der Waals surface area contributed by atoms with Gasteiger partial charge in [-0.1, -0.05) is 0 Å². The van der Waals surface area contributed by atoms with Gasteiger partial charge in [0.15, 0.2) is 0 Å². The molecule has 1 saturated heterocycles. The molecule has 1 aliphatic heterocycles. The quantitative estimate of drug-likeness (QED) is 0.780. The van der Waals surface area contributed by atoms with E-state index in [1.807, 2.05) is 12.1 Å². The molecule has 23 heavy (non-hydrogen) atoms. The number of nitrogens with zero attached hydrogens (tertiary/aromatic N) is 2. The van der Waals surface area contributed by atoms with Crippen molar-refractivity contribution in [3.05, 3.63) is 60.3 Å². The zero-order valence-electron chi connectivity index (χ0n) is 12.6. The summed E-state index contributed by atoms with van der Waals surface area (Å²) in [6.45, 7) is 1.97. The Hall–Kier alpha value is -2.53. The first kappa shape index (κ1) is 14.1. The van der Waals surface area contributed by atoms with Crippen molar-refractivity contribution in [3.8, 4) is 22.4 Å². The monoisotopic (exact) mass is 308 g/mol. The number of halogens is 1. The predicted octanol–water partition coefficient (Wildman–Crippen LogP) is 3.35. The molecule has 5 heteroatoms. The van der Waals surface area contributed by atoms with Crippen molar-refractivity contribution in [2.75, 3.05) is 13.1 Å². The van der Waals surface area contributed by atoms with Crippen LogP contribution in [-0.4, -0.2) is 28.3 Å². The molecule has 0 amide bonds. The number of aromatic nitrogens is 3. The number of pyridine rings is 1. The highest BCUT2D eigenvalue weighted by atomic mass is 19.1. The Kier molecular flexibility index (Phi) is 3.63. The minimum Gasteiger partial charge on any atom is -0.316 e. The molecular weight excluding hydrogens is 291 g/mol. The van der Waals surface area contributed by atoms with Crippen LogP contribution in [0.1, 0.15) is 18.0 Å². The first-order valence-corrected chi connectivity index (χ1v) is 7.78. The van der Waals surface area contributed by atoms with Gasteiger partial charge in [-0.05, 0) is 54.9 Å². The van der Waals surface area contributed by atoms with Gasteiger partial charge < -0.3 is 5.32 Å². The Balaban J connectivity index is 1.87. The lowest BCUT2D eigenvalue weighted by atomic mass is 9.93. The zero-order valence-corrected chi connectivity index (χ0v) is 12.6. The smallest absolute Gasteiger partial charge is 0.123 e. The second-order valence-electron chi connectivity index (χ2n) is 5.79. The number of benzene rings is 1. The molecular formula is C18H17FN4. The molecule has 0 saturated carbocycles. The van der Waals surface area contributed by atoms with Crippen LogP contribution >= 0.6 is 0 Å². The Morgan fingerprint density at radius 3 is 2.48 bits per heavy atom. The third kappa shape index (κ3) is 2.64. The van der Waals surface area contributed by atoms with Crippen molar-refractivity contribution in [3.63, 3.8) is 0 Å². The van der Waals surface area contributed by atoms with E-state index in [1.54, 1.807) is 24.5 Å². The van der Waals surface area contributed by atoms with E-state index < -0.39 is 0 Å². The molecule has 4 rings (SSSR count). The zero-order chi connectivity index (χ0) is 15.6. The fourth-order valence-corrected chi connectivity index (χ4v) is 3.18. The second kappa shape index (κ2) is 5.93. The normalized spacial score (nSPS) is 17.5. The highest BCUT2D eigenvalue weighted by molar-refractivity contribution is 5.82.